The molecule has 5 nitrogen and oxygen atoms in total. The average molecular weight is 340 g/mol. The van der Waals surface area contributed by atoms with E-state index in [-0.39, 0.29) is 5.91 Å². The molecular formula is C17H28N2O3S. The molecule has 1 rings (SSSR count). The first-order chi connectivity index (χ1) is 10.8. The van der Waals surface area contributed by atoms with Gasteiger partial charge in [-0.15, -0.1) is 0 Å². The van der Waals surface area contributed by atoms with E-state index in [1.807, 2.05) is 0 Å². The van der Waals surface area contributed by atoms with E-state index < -0.39 is 10.0 Å². The van der Waals surface area contributed by atoms with Crippen LogP contribution < -0.4 is 10.0 Å². The van der Waals surface area contributed by atoms with E-state index in [0.717, 1.165) is 24.7 Å². The van der Waals surface area contributed by atoms with Gasteiger partial charge in [-0.25, -0.2) is 8.42 Å². The minimum Gasteiger partial charge on any atom is -0.352 e. The first-order valence-electron chi connectivity index (χ1n) is 8.13. The second-order valence-electron chi connectivity index (χ2n) is 6.03. The Balaban J connectivity index is 2.68. The molecule has 0 aromatic heterocycles. The number of amides is 1. The van der Waals surface area contributed by atoms with Crippen molar-refractivity contribution in [1.29, 1.82) is 0 Å². The molecule has 0 fully saturated rings. The maximum absolute atomic E-state index is 12.2. The van der Waals surface area contributed by atoms with Gasteiger partial charge in [0.25, 0.3) is 5.91 Å². The molecule has 0 aliphatic carbocycles. The number of hydrogen-bond acceptors (Lipinski definition) is 3. The molecule has 23 heavy (non-hydrogen) atoms. The van der Waals surface area contributed by atoms with E-state index in [9.17, 15) is 13.2 Å². The summed E-state index contributed by atoms with van der Waals surface area (Å²) < 4.78 is 25.0. The van der Waals surface area contributed by atoms with Gasteiger partial charge in [0.1, 0.15) is 0 Å². The summed E-state index contributed by atoms with van der Waals surface area (Å²) in [5.74, 6) is 0.389. The molecular weight excluding hydrogens is 312 g/mol. The lowest BCUT2D eigenvalue weighted by molar-refractivity contribution is 0.0945. The van der Waals surface area contributed by atoms with E-state index in [2.05, 4.69) is 23.9 Å². The van der Waals surface area contributed by atoms with Crippen molar-refractivity contribution >= 4 is 21.6 Å². The largest absolute Gasteiger partial charge is 0.352 e. The Labute approximate surface area is 139 Å². The summed E-state index contributed by atoms with van der Waals surface area (Å²) in [6.45, 7) is 6.76. The Morgan fingerprint density at radius 1 is 1.26 bits per heavy atom. The number of nitrogens with one attached hydrogen (secondary N) is 2. The smallest absolute Gasteiger partial charge is 0.251 e. The number of rotatable bonds is 9. The van der Waals surface area contributed by atoms with Gasteiger partial charge in [0.05, 0.1) is 11.9 Å². The first kappa shape index (κ1) is 19.5. The summed E-state index contributed by atoms with van der Waals surface area (Å²) in [6, 6.07) is 4.97. The number of carbonyl (C=O) groups is 1. The monoisotopic (exact) mass is 340 g/mol. The lowest BCUT2D eigenvalue weighted by Gasteiger charge is -2.16. The molecule has 0 radical (unpaired) electrons. The number of anilines is 1. The molecule has 0 aliphatic heterocycles. The Morgan fingerprint density at radius 3 is 2.48 bits per heavy atom. The summed E-state index contributed by atoms with van der Waals surface area (Å²) in [5.41, 5.74) is 1.77. The van der Waals surface area contributed by atoms with Crippen LogP contribution >= 0.6 is 0 Å². The number of benzene rings is 1. The standard InChI is InChI=1S/C17H28N2O3S/c1-5-7-8-14(6-2)12-18-17(20)15-9-10-16(13(3)11-15)19-23(4,21)22/h9-11,14,19H,5-8,12H2,1-4H3,(H,18,20)/t14-/m0/s1. The van der Waals surface area contributed by atoms with Crippen LogP contribution in [0, 0.1) is 12.8 Å². The van der Waals surface area contributed by atoms with Crippen LogP contribution in [0.3, 0.4) is 0 Å². The van der Waals surface area contributed by atoms with Gasteiger partial charge in [-0.1, -0.05) is 33.1 Å². The van der Waals surface area contributed by atoms with E-state index >= 15 is 0 Å². The third-order valence-electron chi connectivity index (χ3n) is 3.88. The van der Waals surface area contributed by atoms with Crippen molar-refractivity contribution in [2.75, 3.05) is 17.5 Å². The quantitative estimate of drug-likeness (QED) is 0.724. The van der Waals surface area contributed by atoms with Crippen molar-refractivity contribution in [1.82, 2.24) is 5.32 Å². The summed E-state index contributed by atoms with van der Waals surface area (Å²) in [5, 5.41) is 2.98. The zero-order valence-corrected chi connectivity index (χ0v) is 15.3. The number of aryl methyl sites for hydroxylation is 1. The van der Waals surface area contributed by atoms with Crippen LogP contribution in [0.25, 0.3) is 0 Å². The average Bonchev–Trinajstić information content (AvgIpc) is 2.48. The Bertz CT molecular complexity index is 627. The third kappa shape index (κ3) is 7.03. The molecule has 0 saturated carbocycles. The van der Waals surface area contributed by atoms with E-state index in [1.165, 1.54) is 12.8 Å². The zero-order chi connectivity index (χ0) is 17.5. The maximum Gasteiger partial charge on any atom is 0.251 e. The Kier molecular flexibility index (Phi) is 7.55. The van der Waals surface area contributed by atoms with Gasteiger partial charge < -0.3 is 5.32 Å². The Hall–Kier alpha value is -1.56. The van der Waals surface area contributed by atoms with E-state index in [0.29, 0.717) is 23.7 Å². The number of hydrogen-bond donors (Lipinski definition) is 2. The highest BCUT2D eigenvalue weighted by Gasteiger charge is 2.12. The highest BCUT2D eigenvalue weighted by Crippen LogP contribution is 2.18. The maximum atomic E-state index is 12.2. The molecule has 6 heteroatoms. The molecule has 2 N–H and O–H groups in total. The van der Waals surface area contributed by atoms with E-state index in [1.54, 1.807) is 25.1 Å². The van der Waals surface area contributed by atoms with Crippen molar-refractivity contribution in [3.8, 4) is 0 Å². The van der Waals surface area contributed by atoms with Gasteiger partial charge in [0.15, 0.2) is 0 Å². The molecule has 1 amide bonds. The van der Waals surface area contributed by atoms with Crippen LogP contribution in [0.5, 0.6) is 0 Å². The molecule has 0 saturated heterocycles. The normalized spacial score (nSPS) is 12.7. The summed E-state index contributed by atoms with van der Waals surface area (Å²) >= 11 is 0. The van der Waals surface area contributed by atoms with Crippen molar-refractivity contribution in [3.05, 3.63) is 29.3 Å². The fraction of sp³-hybridized carbons (Fsp3) is 0.588. The fourth-order valence-corrected chi connectivity index (χ4v) is 3.03. The molecule has 0 spiro atoms. The first-order valence-corrected chi connectivity index (χ1v) is 10.0. The van der Waals surface area contributed by atoms with Crippen LogP contribution in [0.2, 0.25) is 0 Å². The molecule has 0 bridgehead atoms. The molecule has 0 unspecified atom stereocenters. The summed E-state index contributed by atoms with van der Waals surface area (Å²) in [7, 11) is -3.32. The van der Waals surface area contributed by atoms with Crippen molar-refractivity contribution in [2.45, 2.75) is 46.5 Å². The second kappa shape index (κ2) is 8.91. The number of unbranched alkanes of at least 4 members (excludes halogenated alkanes) is 1. The predicted octanol–water partition coefficient (Wildman–Crippen LogP) is 3.31. The van der Waals surface area contributed by atoms with Crippen molar-refractivity contribution < 1.29 is 13.2 Å². The minimum absolute atomic E-state index is 0.117. The molecule has 0 heterocycles. The van der Waals surface area contributed by atoms with Gasteiger partial charge in [-0.3, -0.25) is 9.52 Å². The summed E-state index contributed by atoms with van der Waals surface area (Å²) in [6.07, 6.45) is 5.63. The molecule has 130 valence electrons. The van der Waals surface area contributed by atoms with Crippen LogP contribution in [-0.4, -0.2) is 27.1 Å². The number of sulfonamides is 1. The van der Waals surface area contributed by atoms with Gasteiger partial charge in [0.2, 0.25) is 10.0 Å². The van der Waals surface area contributed by atoms with Gasteiger partial charge >= 0.3 is 0 Å². The van der Waals surface area contributed by atoms with Crippen molar-refractivity contribution in [2.24, 2.45) is 5.92 Å². The highest BCUT2D eigenvalue weighted by molar-refractivity contribution is 7.92. The lowest BCUT2D eigenvalue weighted by atomic mass is 9.99. The molecule has 1 aromatic rings. The van der Waals surface area contributed by atoms with Gasteiger partial charge in [-0.2, -0.15) is 0 Å². The van der Waals surface area contributed by atoms with Gasteiger partial charge in [0, 0.05) is 12.1 Å². The molecule has 1 aromatic carbocycles. The predicted molar refractivity (Wildman–Crippen MR) is 95.3 cm³/mol. The lowest BCUT2D eigenvalue weighted by Crippen LogP contribution is -2.29. The highest BCUT2D eigenvalue weighted by atomic mass is 32.2. The molecule has 1 atom stereocenters. The topological polar surface area (TPSA) is 75.3 Å². The number of carbonyl (C=O) groups excluding carboxylic acids is 1. The van der Waals surface area contributed by atoms with Crippen LogP contribution in [0.1, 0.15) is 55.5 Å². The fourth-order valence-electron chi connectivity index (χ4n) is 2.40. The molecule has 0 aliphatic rings. The zero-order valence-electron chi connectivity index (χ0n) is 14.5. The van der Waals surface area contributed by atoms with Gasteiger partial charge in [-0.05, 0) is 43.0 Å². The second-order valence-corrected chi connectivity index (χ2v) is 7.78. The van der Waals surface area contributed by atoms with Crippen LogP contribution in [-0.2, 0) is 10.0 Å². The van der Waals surface area contributed by atoms with Crippen LogP contribution in [0.15, 0.2) is 18.2 Å². The van der Waals surface area contributed by atoms with Crippen molar-refractivity contribution in [3.63, 3.8) is 0 Å². The minimum atomic E-state index is -3.32. The SMILES string of the molecule is CCCC[C@H](CC)CNC(=O)c1ccc(NS(C)(=O)=O)c(C)c1. The van der Waals surface area contributed by atoms with Crippen LogP contribution in [0.4, 0.5) is 5.69 Å². The summed E-state index contributed by atoms with van der Waals surface area (Å²) in [4.78, 5) is 12.2. The Morgan fingerprint density at radius 2 is 1.96 bits per heavy atom. The third-order valence-corrected chi connectivity index (χ3v) is 4.47. The van der Waals surface area contributed by atoms with E-state index in [4.69, 9.17) is 0 Å².